The minimum atomic E-state index is 0.0134. The predicted molar refractivity (Wildman–Crippen MR) is 95.0 cm³/mol. The van der Waals surface area contributed by atoms with Crippen molar-refractivity contribution in [3.8, 4) is 0 Å². The van der Waals surface area contributed by atoms with Gasteiger partial charge in [0.1, 0.15) is 0 Å². The first-order valence-corrected chi connectivity index (χ1v) is 9.81. The Morgan fingerprint density at radius 3 is 3.00 bits per heavy atom. The van der Waals surface area contributed by atoms with Crippen molar-refractivity contribution in [3.05, 3.63) is 11.7 Å². The normalized spacial score (nSPS) is 21.7. The van der Waals surface area contributed by atoms with Crippen LogP contribution in [-0.2, 0) is 15.9 Å². The zero-order valence-electron chi connectivity index (χ0n) is 15.6. The van der Waals surface area contributed by atoms with E-state index < -0.39 is 0 Å². The fraction of sp³-hybridized carbons (Fsp3) is 0.833. The molecule has 2 saturated heterocycles. The molecule has 0 bridgehead atoms. The van der Waals surface area contributed by atoms with Crippen molar-refractivity contribution in [1.29, 1.82) is 0 Å². The minimum Gasteiger partial charge on any atom is -0.381 e. The number of hydrogen-bond donors (Lipinski definition) is 1. The number of likely N-dealkylation sites (tertiary alicyclic amines) is 1. The molecule has 8 nitrogen and oxygen atoms in total. The van der Waals surface area contributed by atoms with E-state index in [0.29, 0.717) is 37.9 Å². The Hall–Kier alpha value is -1.67. The summed E-state index contributed by atoms with van der Waals surface area (Å²) >= 11 is 0. The second-order valence-corrected chi connectivity index (χ2v) is 7.00. The Labute approximate surface area is 154 Å². The molecule has 146 valence electrons. The zero-order valence-corrected chi connectivity index (χ0v) is 15.6. The molecule has 2 aliphatic heterocycles. The van der Waals surface area contributed by atoms with E-state index in [-0.39, 0.29) is 12.1 Å². The van der Waals surface area contributed by atoms with Crippen LogP contribution in [-0.4, -0.2) is 66.6 Å². The first kappa shape index (κ1) is 19.1. The molecule has 3 rings (SSSR count). The summed E-state index contributed by atoms with van der Waals surface area (Å²) in [4.78, 5) is 18.4. The lowest BCUT2D eigenvalue weighted by Crippen LogP contribution is -2.48. The lowest BCUT2D eigenvalue weighted by molar-refractivity contribution is 0.0106. The Morgan fingerprint density at radius 1 is 1.35 bits per heavy atom. The predicted octanol–water partition coefficient (Wildman–Crippen LogP) is 2.11. The van der Waals surface area contributed by atoms with Crippen LogP contribution in [0, 0.1) is 0 Å². The summed E-state index contributed by atoms with van der Waals surface area (Å²) in [5.74, 6) is 1.74. The number of carbonyl (C=O) groups excluding carboxylic acids is 1. The highest BCUT2D eigenvalue weighted by molar-refractivity contribution is 5.74. The van der Waals surface area contributed by atoms with Gasteiger partial charge in [-0.05, 0) is 32.1 Å². The summed E-state index contributed by atoms with van der Waals surface area (Å²) in [6.07, 6.45) is 5.49. The van der Waals surface area contributed by atoms with Crippen molar-refractivity contribution in [2.24, 2.45) is 0 Å². The number of nitrogens with one attached hydrogen (secondary N) is 1. The first-order valence-electron chi connectivity index (χ1n) is 9.81. The van der Waals surface area contributed by atoms with Crippen molar-refractivity contribution in [1.82, 2.24) is 20.4 Å². The molecule has 0 aliphatic carbocycles. The van der Waals surface area contributed by atoms with Crippen LogP contribution in [0.3, 0.4) is 0 Å². The molecular weight excluding hydrogens is 336 g/mol. The molecule has 2 fully saturated rings. The van der Waals surface area contributed by atoms with Crippen LogP contribution in [0.1, 0.15) is 56.7 Å². The first-order chi connectivity index (χ1) is 12.8. The molecule has 1 aromatic heterocycles. The third-order valence-electron chi connectivity index (χ3n) is 4.93. The van der Waals surface area contributed by atoms with Crippen LogP contribution in [0.25, 0.3) is 0 Å². The number of aromatic nitrogens is 2. The number of urea groups is 1. The van der Waals surface area contributed by atoms with Crippen LogP contribution in [0.2, 0.25) is 0 Å². The van der Waals surface area contributed by atoms with Gasteiger partial charge in [-0.3, -0.25) is 0 Å². The average Bonchev–Trinajstić information content (AvgIpc) is 3.16. The molecule has 0 saturated carbocycles. The molecule has 1 N–H and O–H groups in total. The number of nitrogens with zero attached hydrogens (tertiary/aromatic N) is 3. The Balaban J connectivity index is 1.39. The monoisotopic (exact) mass is 366 g/mol. The van der Waals surface area contributed by atoms with Gasteiger partial charge in [0.05, 0.1) is 12.7 Å². The molecule has 1 aromatic rings. The van der Waals surface area contributed by atoms with Gasteiger partial charge in [0.25, 0.3) is 0 Å². The van der Waals surface area contributed by atoms with Gasteiger partial charge in [-0.2, -0.15) is 4.98 Å². The number of hydrogen-bond acceptors (Lipinski definition) is 6. The maximum absolute atomic E-state index is 12.1. The lowest BCUT2D eigenvalue weighted by Gasteiger charge is -2.32. The van der Waals surface area contributed by atoms with Gasteiger partial charge in [-0.15, -0.1) is 0 Å². The second-order valence-electron chi connectivity index (χ2n) is 7.00. The Kier molecular flexibility index (Phi) is 7.25. The number of carbonyl (C=O) groups is 1. The molecule has 2 aliphatic rings. The Bertz CT molecular complexity index is 559. The number of ether oxygens (including phenoxy) is 2. The quantitative estimate of drug-likeness (QED) is 0.795. The van der Waals surface area contributed by atoms with Crippen molar-refractivity contribution in [3.63, 3.8) is 0 Å². The molecular formula is C18H30N4O4. The van der Waals surface area contributed by atoms with E-state index in [1.54, 1.807) is 0 Å². The molecule has 2 amide bonds. The smallest absolute Gasteiger partial charge is 0.317 e. The van der Waals surface area contributed by atoms with E-state index in [9.17, 15) is 4.79 Å². The molecule has 1 unspecified atom stereocenters. The van der Waals surface area contributed by atoms with Crippen molar-refractivity contribution >= 4 is 6.03 Å². The van der Waals surface area contributed by atoms with Gasteiger partial charge >= 0.3 is 6.03 Å². The minimum absolute atomic E-state index is 0.0134. The summed E-state index contributed by atoms with van der Waals surface area (Å²) in [6, 6.07) is 0.0134. The average molecular weight is 366 g/mol. The van der Waals surface area contributed by atoms with Crippen LogP contribution in [0.4, 0.5) is 4.79 Å². The molecule has 26 heavy (non-hydrogen) atoms. The number of piperidine rings is 1. The van der Waals surface area contributed by atoms with E-state index in [4.69, 9.17) is 14.0 Å². The van der Waals surface area contributed by atoms with Gasteiger partial charge in [0.15, 0.2) is 5.82 Å². The van der Waals surface area contributed by atoms with E-state index in [1.165, 1.54) is 0 Å². The number of amides is 2. The van der Waals surface area contributed by atoms with Gasteiger partial charge in [0, 0.05) is 45.2 Å². The standard InChI is InChI=1S/C18H30N4O4/c1-2-8-19-18(23)22-9-3-4-15(13-22)25-12-7-16-20-17(26-21-16)14-5-10-24-11-6-14/h14-15H,2-13H2,1H3,(H,19,23). The SMILES string of the molecule is CCCNC(=O)N1CCCC(OCCc2noc(C3CCOCC3)n2)C1. The van der Waals surface area contributed by atoms with Crippen LogP contribution in [0.5, 0.6) is 0 Å². The van der Waals surface area contributed by atoms with E-state index in [2.05, 4.69) is 15.5 Å². The maximum Gasteiger partial charge on any atom is 0.317 e. The fourth-order valence-corrected chi connectivity index (χ4v) is 3.40. The van der Waals surface area contributed by atoms with Crippen LogP contribution in [0.15, 0.2) is 4.52 Å². The van der Waals surface area contributed by atoms with Gasteiger partial charge in [-0.25, -0.2) is 4.79 Å². The van der Waals surface area contributed by atoms with E-state index in [0.717, 1.165) is 57.8 Å². The summed E-state index contributed by atoms with van der Waals surface area (Å²) < 4.78 is 16.7. The summed E-state index contributed by atoms with van der Waals surface area (Å²) in [7, 11) is 0. The van der Waals surface area contributed by atoms with Gasteiger partial charge in [0.2, 0.25) is 5.89 Å². The maximum atomic E-state index is 12.1. The fourth-order valence-electron chi connectivity index (χ4n) is 3.40. The summed E-state index contributed by atoms with van der Waals surface area (Å²) in [5.41, 5.74) is 0. The molecule has 3 heterocycles. The summed E-state index contributed by atoms with van der Waals surface area (Å²) in [5, 5.41) is 7.00. The largest absolute Gasteiger partial charge is 0.381 e. The van der Waals surface area contributed by atoms with Crippen molar-refractivity contribution in [2.75, 3.05) is 39.5 Å². The van der Waals surface area contributed by atoms with Crippen molar-refractivity contribution < 1.29 is 18.8 Å². The highest BCUT2D eigenvalue weighted by atomic mass is 16.5. The molecule has 8 heteroatoms. The second kappa shape index (κ2) is 9.87. The summed E-state index contributed by atoms with van der Waals surface area (Å²) in [6.45, 7) is 6.28. The third-order valence-corrected chi connectivity index (χ3v) is 4.93. The third kappa shape index (κ3) is 5.41. The highest BCUT2D eigenvalue weighted by Crippen LogP contribution is 2.25. The van der Waals surface area contributed by atoms with E-state index >= 15 is 0 Å². The van der Waals surface area contributed by atoms with E-state index in [1.807, 2.05) is 11.8 Å². The van der Waals surface area contributed by atoms with Crippen molar-refractivity contribution in [2.45, 2.75) is 57.5 Å². The topological polar surface area (TPSA) is 89.7 Å². The zero-order chi connectivity index (χ0) is 18.2. The molecule has 1 atom stereocenters. The lowest BCUT2D eigenvalue weighted by atomic mass is 10.0. The van der Waals surface area contributed by atoms with Gasteiger partial charge < -0.3 is 24.2 Å². The van der Waals surface area contributed by atoms with Crippen LogP contribution < -0.4 is 5.32 Å². The number of rotatable bonds is 7. The Morgan fingerprint density at radius 2 is 2.19 bits per heavy atom. The molecule has 0 spiro atoms. The highest BCUT2D eigenvalue weighted by Gasteiger charge is 2.24. The van der Waals surface area contributed by atoms with Gasteiger partial charge in [-0.1, -0.05) is 12.1 Å². The molecule has 0 aromatic carbocycles. The molecule has 0 radical (unpaired) electrons. The van der Waals surface area contributed by atoms with Crippen LogP contribution >= 0.6 is 0 Å².